The van der Waals surface area contributed by atoms with E-state index in [-0.39, 0.29) is 0 Å². The predicted octanol–water partition coefficient (Wildman–Crippen LogP) is 19.2. The lowest BCUT2D eigenvalue weighted by molar-refractivity contribution is 1.02. The van der Waals surface area contributed by atoms with Crippen molar-refractivity contribution in [1.29, 1.82) is 0 Å². The number of hydrogen-bond donors (Lipinski definition) is 0. The molecule has 13 aromatic rings. The number of allylic oxidation sites excluding steroid dienone is 4. The van der Waals surface area contributed by atoms with Gasteiger partial charge in [-0.25, -0.2) is 0 Å². The highest BCUT2D eigenvalue weighted by molar-refractivity contribution is 6.25. The maximum atomic E-state index is 2.50. The molecule has 0 spiro atoms. The number of para-hydroxylation sites is 1. The Hall–Kier alpha value is -8.98. The number of nitrogens with zero attached hydrogens (tertiary/aromatic N) is 2. The van der Waals surface area contributed by atoms with E-state index in [9.17, 15) is 0 Å². The molecule has 70 heavy (non-hydrogen) atoms. The SMILES string of the molecule is C1=CC(n2c3ccccc3c3c(-c4cccc(N(c5ccc(-c6ccc7c(ccc8ccccc87)c6)cc5)c5ccc(-c6ccc7c(ccc8ccccc87)c6)cc5)c4)cc4ccccc4c32)=CCC1. The number of benzene rings is 12. The first-order valence-electron chi connectivity index (χ1n) is 24.5. The summed E-state index contributed by atoms with van der Waals surface area (Å²) in [4.78, 5) is 2.41. The zero-order valence-corrected chi connectivity index (χ0v) is 38.6. The second-order valence-corrected chi connectivity index (χ2v) is 18.8. The summed E-state index contributed by atoms with van der Waals surface area (Å²) in [6.45, 7) is 0. The van der Waals surface area contributed by atoms with Crippen LogP contribution in [0.3, 0.4) is 0 Å². The summed E-state index contributed by atoms with van der Waals surface area (Å²) in [5, 5.41) is 15.2. The molecule has 12 aromatic carbocycles. The molecule has 0 bridgehead atoms. The van der Waals surface area contributed by atoms with Gasteiger partial charge in [-0.1, -0.05) is 188 Å². The van der Waals surface area contributed by atoms with Crippen LogP contribution < -0.4 is 4.90 Å². The van der Waals surface area contributed by atoms with Crippen molar-refractivity contribution < 1.29 is 0 Å². The van der Waals surface area contributed by atoms with Crippen molar-refractivity contribution in [2.24, 2.45) is 0 Å². The second-order valence-electron chi connectivity index (χ2n) is 18.8. The molecule has 0 N–H and O–H groups in total. The van der Waals surface area contributed by atoms with Crippen LogP contribution in [0.1, 0.15) is 12.8 Å². The molecule has 2 nitrogen and oxygen atoms in total. The van der Waals surface area contributed by atoms with Gasteiger partial charge in [0.1, 0.15) is 0 Å². The number of hydrogen-bond acceptors (Lipinski definition) is 1. The van der Waals surface area contributed by atoms with Crippen molar-refractivity contribution in [2.45, 2.75) is 12.8 Å². The van der Waals surface area contributed by atoms with Gasteiger partial charge in [-0.2, -0.15) is 0 Å². The van der Waals surface area contributed by atoms with Crippen LogP contribution >= 0.6 is 0 Å². The van der Waals surface area contributed by atoms with E-state index < -0.39 is 0 Å². The van der Waals surface area contributed by atoms with E-state index >= 15 is 0 Å². The van der Waals surface area contributed by atoms with Crippen LogP contribution in [-0.4, -0.2) is 4.57 Å². The Morgan fingerprint density at radius 1 is 0.329 bits per heavy atom. The van der Waals surface area contributed by atoms with Gasteiger partial charge in [0.2, 0.25) is 0 Å². The molecular weight excluding hydrogens is 845 g/mol. The van der Waals surface area contributed by atoms with Gasteiger partial charge in [-0.15, -0.1) is 0 Å². The standard InChI is InChI=1S/C68H46N2/c1-2-17-55(18-3-1)70-66-24-11-10-23-64(66)67-65(44-52-15-6-9-22-63(52)68(67)70)51-16-12-19-58(43-51)69(56-35-29-45(30-36-56)49-33-39-61-53(41-49)27-25-47-13-4-7-20-59(47)61)57-37-31-46(32-38-57)50-34-40-62-54(42-50)28-26-48-14-5-8-21-60(48)62/h2,4-44H,1,3H2. The fourth-order valence-electron chi connectivity index (χ4n) is 11.3. The van der Waals surface area contributed by atoms with E-state index in [0.29, 0.717) is 0 Å². The maximum absolute atomic E-state index is 2.50. The fourth-order valence-corrected chi connectivity index (χ4v) is 11.3. The Bertz CT molecular complexity index is 4120. The lowest BCUT2D eigenvalue weighted by atomic mass is 9.94. The molecule has 1 aromatic heterocycles. The van der Waals surface area contributed by atoms with Crippen molar-refractivity contribution in [2.75, 3.05) is 4.90 Å². The van der Waals surface area contributed by atoms with E-state index in [1.54, 1.807) is 0 Å². The summed E-state index contributed by atoms with van der Waals surface area (Å²) in [5.41, 5.74) is 14.2. The Balaban J connectivity index is 0.911. The fraction of sp³-hybridized carbons (Fsp3) is 0.0294. The van der Waals surface area contributed by atoms with E-state index in [0.717, 1.165) is 29.9 Å². The molecule has 14 rings (SSSR count). The minimum absolute atomic E-state index is 1.04. The molecule has 328 valence electrons. The normalized spacial score (nSPS) is 12.8. The third kappa shape index (κ3) is 6.64. The highest BCUT2D eigenvalue weighted by atomic mass is 15.1. The summed E-state index contributed by atoms with van der Waals surface area (Å²) in [5.74, 6) is 0. The molecule has 1 aliphatic rings. The average molecular weight is 891 g/mol. The molecule has 0 fully saturated rings. The second kappa shape index (κ2) is 16.4. The van der Waals surface area contributed by atoms with Crippen molar-refractivity contribution in [3.8, 4) is 33.4 Å². The Morgan fingerprint density at radius 2 is 0.843 bits per heavy atom. The third-order valence-electron chi connectivity index (χ3n) is 14.7. The molecule has 1 aliphatic carbocycles. The quantitative estimate of drug-likeness (QED) is 0.145. The Morgan fingerprint density at radius 3 is 1.46 bits per heavy atom. The third-order valence-corrected chi connectivity index (χ3v) is 14.7. The first kappa shape index (κ1) is 40.1. The Kier molecular flexibility index (Phi) is 9.38. The van der Waals surface area contributed by atoms with E-state index in [2.05, 4.69) is 264 Å². The Labute approximate surface area is 406 Å². The van der Waals surface area contributed by atoms with Crippen LogP contribution in [0.4, 0.5) is 17.1 Å². The minimum atomic E-state index is 1.04. The molecule has 0 amide bonds. The van der Waals surface area contributed by atoms with E-state index in [4.69, 9.17) is 0 Å². The summed E-state index contributed by atoms with van der Waals surface area (Å²) in [6.07, 6.45) is 9.12. The number of aromatic nitrogens is 1. The topological polar surface area (TPSA) is 8.17 Å². The van der Waals surface area contributed by atoms with Gasteiger partial charge in [-0.05, 0) is 161 Å². The van der Waals surface area contributed by atoms with Gasteiger partial charge in [0.05, 0.1) is 11.0 Å². The smallest absolute Gasteiger partial charge is 0.0625 e. The first-order valence-corrected chi connectivity index (χ1v) is 24.5. The molecular formula is C68H46N2. The average Bonchev–Trinajstić information content (AvgIpc) is 3.79. The summed E-state index contributed by atoms with van der Waals surface area (Å²) >= 11 is 0. The van der Waals surface area contributed by atoms with Crippen LogP contribution in [0.15, 0.2) is 255 Å². The van der Waals surface area contributed by atoms with Crippen LogP contribution in [0.5, 0.6) is 0 Å². The molecule has 1 heterocycles. The van der Waals surface area contributed by atoms with Crippen LogP contribution in [0.25, 0.3) is 115 Å². The lowest BCUT2D eigenvalue weighted by Gasteiger charge is -2.26. The predicted molar refractivity (Wildman–Crippen MR) is 301 cm³/mol. The highest BCUT2D eigenvalue weighted by Gasteiger charge is 2.22. The van der Waals surface area contributed by atoms with E-state index in [1.807, 2.05) is 0 Å². The first-order chi connectivity index (χ1) is 34.7. The van der Waals surface area contributed by atoms with Crippen LogP contribution in [0.2, 0.25) is 0 Å². The van der Waals surface area contributed by atoms with Crippen LogP contribution in [0, 0.1) is 0 Å². The van der Waals surface area contributed by atoms with Gasteiger partial charge in [0, 0.05) is 38.9 Å². The van der Waals surface area contributed by atoms with Crippen molar-refractivity contribution in [3.05, 3.63) is 255 Å². The largest absolute Gasteiger partial charge is 0.310 e. The minimum Gasteiger partial charge on any atom is -0.310 e. The number of rotatable bonds is 7. The van der Waals surface area contributed by atoms with Crippen molar-refractivity contribution in [1.82, 2.24) is 4.57 Å². The van der Waals surface area contributed by atoms with Crippen molar-refractivity contribution >= 4 is 98.4 Å². The number of anilines is 3. The molecule has 0 aliphatic heterocycles. The molecule has 0 saturated heterocycles. The van der Waals surface area contributed by atoms with Gasteiger partial charge >= 0.3 is 0 Å². The molecule has 0 radical (unpaired) electrons. The zero-order chi connectivity index (χ0) is 46.1. The maximum Gasteiger partial charge on any atom is 0.0625 e. The van der Waals surface area contributed by atoms with Gasteiger partial charge in [0.15, 0.2) is 0 Å². The van der Waals surface area contributed by atoms with Gasteiger partial charge < -0.3 is 9.47 Å². The zero-order valence-electron chi connectivity index (χ0n) is 38.6. The van der Waals surface area contributed by atoms with Crippen molar-refractivity contribution in [3.63, 3.8) is 0 Å². The summed E-state index contributed by atoms with van der Waals surface area (Å²) < 4.78 is 2.50. The monoisotopic (exact) mass is 890 g/mol. The van der Waals surface area contributed by atoms with Crippen LogP contribution in [-0.2, 0) is 0 Å². The van der Waals surface area contributed by atoms with E-state index in [1.165, 1.54) is 115 Å². The van der Waals surface area contributed by atoms with Gasteiger partial charge in [-0.3, -0.25) is 0 Å². The lowest BCUT2D eigenvalue weighted by Crippen LogP contribution is -2.10. The summed E-state index contributed by atoms with van der Waals surface area (Å²) in [6, 6.07) is 87.6. The number of fused-ring (bicyclic) bond motifs is 11. The highest BCUT2D eigenvalue weighted by Crippen LogP contribution is 2.45. The molecule has 0 saturated carbocycles. The molecule has 0 unspecified atom stereocenters. The molecule has 0 atom stereocenters. The molecule has 2 heteroatoms. The van der Waals surface area contributed by atoms with Gasteiger partial charge in [0.25, 0.3) is 0 Å². The summed E-state index contributed by atoms with van der Waals surface area (Å²) in [7, 11) is 0.